The van der Waals surface area contributed by atoms with Gasteiger partial charge in [0.15, 0.2) is 5.75 Å². The highest BCUT2D eigenvalue weighted by Gasteiger charge is 2.39. The summed E-state index contributed by atoms with van der Waals surface area (Å²) in [5, 5.41) is 2.41. The van der Waals surface area contributed by atoms with Crippen LogP contribution in [-0.4, -0.2) is 19.6 Å². The zero-order chi connectivity index (χ0) is 17.6. The van der Waals surface area contributed by atoms with Gasteiger partial charge in [0.05, 0.1) is 19.3 Å². The van der Waals surface area contributed by atoms with Crippen LogP contribution < -0.4 is 15.8 Å². The highest BCUT2D eigenvalue weighted by Crippen LogP contribution is 2.44. The molecule has 0 radical (unpaired) electrons. The molecule has 0 spiro atoms. The number of carbonyl (C=O) groups is 1. The first-order chi connectivity index (χ1) is 10.8. The largest absolute Gasteiger partial charge is 0.494 e. The fourth-order valence-electron chi connectivity index (χ4n) is 2.09. The molecule has 0 unspecified atom stereocenters. The van der Waals surface area contributed by atoms with E-state index in [1.165, 1.54) is 12.1 Å². The first kappa shape index (κ1) is 18.8. The summed E-state index contributed by atoms with van der Waals surface area (Å²) in [6, 6.07) is 2.68. The van der Waals surface area contributed by atoms with Crippen LogP contribution in [0.15, 0.2) is 12.1 Å². The average molecular weight is 328 g/mol. The van der Waals surface area contributed by atoms with E-state index in [4.69, 9.17) is 10.5 Å². The van der Waals surface area contributed by atoms with Gasteiger partial charge in [0.2, 0.25) is 5.91 Å². The number of amides is 1. The number of nitrogens with one attached hydrogen (secondary N) is 1. The monoisotopic (exact) mass is 328 g/mol. The lowest BCUT2D eigenvalue weighted by Gasteiger charge is -2.21. The van der Waals surface area contributed by atoms with E-state index in [0.29, 0.717) is 0 Å². The summed E-state index contributed by atoms with van der Waals surface area (Å²) in [6.07, 6.45) is -4.50. The quantitative estimate of drug-likeness (QED) is 0.835. The summed E-state index contributed by atoms with van der Waals surface area (Å²) in [5.41, 5.74) is 4.28. The molecule has 1 atom stereocenters. The van der Waals surface area contributed by atoms with Crippen molar-refractivity contribution in [1.82, 2.24) is 0 Å². The molecule has 3 N–H and O–H groups in total. The number of halogens is 3. The Bertz CT molecular complexity index is 631. The first-order valence-corrected chi connectivity index (χ1v) is 7.02. The number of methoxy groups -OCH3 is 1. The second-order valence-corrected chi connectivity index (χ2v) is 4.76. The Morgan fingerprint density at radius 3 is 2.57 bits per heavy atom. The molecule has 1 aromatic carbocycles. The number of benzene rings is 1. The van der Waals surface area contributed by atoms with Crippen molar-refractivity contribution in [2.45, 2.75) is 32.4 Å². The van der Waals surface area contributed by atoms with Crippen molar-refractivity contribution >= 4 is 11.6 Å². The van der Waals surface area contributed by atoms with E-state index in [1.807, 2.05) is 0 Å². The summed E-state index contributed by atoms with van der Waals surface area (Å²) in [6.45, 7) is 3.22. The number of ether oxygens (including phenoxy) is 1. The van der Waals surface area contributed by atoms with Crippen LogP contribution in [0.4, 0.5) is 18.9 Å². The van der Waals surface area contributed by atoms with Gasteiger partial charge in [0.25, 0.3) is 0 Å². The normalized spacial score (nSPS) is 12.1. The standard InChI is InChI=1S/C16H19F3N2O2/c1-4-13(22)21-12-8-7-11(10(2)6-5-9-20)14(15(12)23-3)16(17,18)19/h7-8,10H,4,9,20H2,1-3H3,(H,21,22)/t10-/m1/s1. The molecular weight excluding hydrogens is 309 g/mol. The number of hydrogen-bond acceptors (Lipinski definition) is 3. The zero-order valence-electron chi connectivity index (χ0n) is 13.2. The Kier molecular flexibility index (Phi) is 6.46. The first-order valence-electron chi connectivity index (χ1n) is 7.02. The molecule has 23 heavy (non-hydrogen) atoms. The molecule has 0 aliphatic carbocycles. The topological polar surface area (TPSA) is 64.4 Å². The number of carbonyl (C=O) groups excluding carboxylic acids is 1. The Morgan fingerprint density at radius 1 is 1.43 bits per heavy atom. The van der Waals surface area contributed by atoms with Crippen molar-refractivity contribution in [3.8, 4) is 17.6 Å². The van der Waals surface area contributed by atoms with Gasteiger partial charge in [0, 0.05) is 12.3 Å². The molecular formula is C16H19F3N2O2. The van der Waals surface area contributed by atoms with Crippen molar-refractivity contribution < 1.29 is 22.7 Å². The molecule has 1 rings (SSSR count). The van der Waals surface area contributed by atoms with Gasteiger partial charge in [-0.1, -0.05) is 24.8 Å². The Balaban J connectivity index is 3.52. The third-order valence-corrected chi connectivity index (χ3v) is 3.16. The van der Waals surface area contributed by atoms with Crippen molar-refractivity contribution in [3.63, 3.8) is 0 Å². The fourth-order valence-corrected chi connectivity index (χ4v) is 2.09. The van der Waals surface area contributed by atoms with Crippen molar-refractivity contribution in [2.24, 2.45) is 5.73 Å². The molecule has 0 fully saturated rings. The predicted molar refractivity (Wildman–Crippen MR) is 82.2 cm³/mol. The minimum absolute atomic E-state index is 0.0191. The third kappa shape index (κ3) is 4.63. The highest BCUT2D eigenvalue weighted by molar-refractivity contribution is 5.92. The number of alkyl halides is 3. The van der Waals surface area contributed by atoms with E-state index in [2.05, 4.69) is 17.2 Å². The van der Waals surface area contributed by atoms with Crippen molar-refractivity contribution in [1.29, 1.82) is 0 Å². The highest BCUT2D eigenvalue weighted by atomic mass is 19.4. The minimum Gasteiger partial charge on any atom is -0.494 e. The lowest BCUT2D eigenvalue weighted by atomic mass is 9.94. The van der Waals surface area contributed by atoms with Gasteiger partial charge < -0.3 is 15.8 Å². The summed E-state index contributed by atoms with van der Waals surface area (Å²) in [4.78, 5) is 11.5. The maximum absolute atomic E-state index is 13.5. The van der Waals surface area contributed by atoms with E-state index in [0.717, 1.165) is 7.11 Å². The maximum Gasteiger partial charge on any atom is 0.420 e. The molecule has 0 bridgehead atoms. The van der Waals surface area contributed by atoms with Gasteiger partial charge >= 0.3 is 6.18 Å². The Labute approximate surface area is 133 Å². The summed E-state index contributed by atoms with van der Waals surface area (Å²) < 4.78 is 45.5. The lowest BCUT2D eigenvalue weighted by Crippen LogP contribution is -2.16. The number of anilines is 1. The van der Waals surface area contributed by atoms with Crippen LogP contribution in [-0.2, 0) is 11.0 Å². The summed E-state index contributed by atoms with van der Waals surface area (Å²) in [5.74, 6) is 3.73. The molecule has 0 aromatic heterocycles. The molecule has 0 aliphatic rings. The van der Waals surface area contributed by atoms with E-state index in [9.17, 15) is 18.0 Å². The van der Waals surface area contributed by atoms with Gasteiger partial charge in [-0.3, -0.25) is 4.79 Å². The fraction of sp³-hybridized carbons (Fsp3) is 0.438. The molecule has 7 heteroatoms. The maximum atomic E-state index is 13.5. The number of nitrogens with two attached hydrogens (primary N) is 1. The zero-order valence-corrected chi connectivity index (χ0v) is 13.2. The van der Waals surface area contributed by atoms with E-state index >= 15 is 0 Å². The third-order valence-electron chi connectivity index (χ3n) is 3.16. The van der Waals surface area contributed by atoms with Crippen LogP contribution in [0.25, 0.3) is 0 Å². The summed E-state index contributed by atoms with van der Waals surface area (Å²) in [7, 11) is 1.13. The van der Waals surface area contributed by atoms with Gasteiger partial charge in [0.1, 0.15) is 5.56 Å². The lowest BCUT2D eigenvalue weighted by molar-refractivity contribution is -0.139. The van der Waals surface area contributed by atoms with Gasteiger partial charge in [-0.05, 0) is 18.6 Å². The van der Waals surface area contributed by atoms with Gasteiger partial charge in [-0.25, -0.2) is 0 Å². The number of rotatable bonds is 4. The molecule has 4 nitrogen and oxygen atoms in total. The SMILES string of the molecule is CCC(=O)Nc1ccc([C@H](C)C#CCN)c(C(F)(F)F)c1OC. The second kappa shape index (κ2) is 7.88. The van der Waals surface area contributed by atoms with Crippen LogP contribution in [0.5, 0.6) is 5.75 Å². The second-order valence-electron chi connectivity index (χ2n) is 4.76. The van der Waals surface area contributed by atoms with Crippen LogP contribution in [0.1, 0.15) is 37.3 Å². The van der Waals surface area contributed by atoms with Crippen molar-refractivity contribution in [3.05, 3.63) is 23.3 Å². The van der Waals surface area contributed by atoms with E-state index in [-0.39, 0.29) is 24.2 Å². The van der Waals surface area contributed by atoms with Crippen LogP contribution in [0, 0.1) is 11.8 Å². The Hall–Kier alpha value is -2.20. The molecule has 0 saturated heterocycles. The average Bonchev–Trinajstić information content (AvgIpc) is 2.50. The molecule has 126 valence electrons. The van der Waals surface area contributed by atoms with E-state index in [1.54, 1.807) is 13.8 Å². The van der Waals surface area contributed by atoms with Gasteiger partial charge in [-0.15, -0.1) is 0 Å². The molecule has 0 heterocycles. The minimum atomic E-state index is -4.65. The Morgan fingerprint density at radius 2 is 2.09 bits per heavy atom. The van der Waals surface area contributed by atoms with Gasteiger partial charge in [-0.2, -0.15) is 13.2 Å². The molecule has 1 aromatic rings. The van der Waals surface area contributed by atoms with Crippen molar-refractivity contribution in [2.75, 3.05) is 19.0 Å². The van der Waals surface area contributed by atoms with Crippen LogP contribution in [0.3, 0.4) is 0 Å². The summed E-state index contributed by atoms with van der Waals surface area (Å²) >= 11 is 0. The molecule has 0 saturated carbocycles. The predicted octanol–water partition coefficient (Wildman–Crippen LogP) is 3.13. The van der Waals surface area contributed by atoms with E-state index < -0.39 is 29.3 Å². The number of hydrogen-bond donors (Lipinski definition) is 2. The molecule has 1 amide bonds. The molecule has 0 aliphatic heterocycles. The van der Waals surface area contributed by atoms with Crippen LogP contribution in [0.2, 0.25) is 0 Å². The smallest absolute Gasteiger partial charge is 0.420 e. The van der Waals surface area contributed by atoms with Crippen LogP contribution >= 0.6 is 0 Å².